The van der Waals surface area contributed by atoms with E-state index in [4.69, 9.17) is 16.6 Å². The number of nitrogens with zero attached hydrogens (tertiary/aromatic N) is 3. The second-order valence-electron chi connectivity index (χ2n) is 7.62. The smallest absolute Gasteiger partial charge is 0.251 e. The molecule has 0 spiro atoms. The minimum absolute atomic E-state index is 0.178. The fourth-order valence-electron chi connectivity index (χ4n) is 3.33. The van der Waals surface area contributed by atoms with Crippen molar-refractivity contribution >= 4 is 35.1 Å². The number of nitrogens with one attached hydrogen (secondary N) is 1. The van der Waals surface area contributed by atoms with Crippen LogP contribution in [0.1, 0.15) is 48.2 Å². The Hall–Kier alpha value is -2.64. The van der Waals surface area contributed by atoms with E-state index in [0.717, 1.165) is 42.9 Å². The van der Waals surface area contributed by atoms with Gasteiger partial charge in [-0.25, -0.2) is 14.4 Å². The zero-order valence-electron chi connectivity index (χ0n) is 18.9. The van der Waals surface area contributed by atoms with Gasteiger partial charge in [-0.3, -0.25) is 4.79 Å². The van der Waals surface area contributed by atoms with E-state index in [0.29, 0.717) is 28.2 Å². The van der Waals surface area contributed by atoms with Gasteiger partial charge < -0.3 is 10.2 Å². The SMILES string of the molecule is CCCN(CCC)c1cc(Cl)nc(SCc2cccc(C(=O)NCc3ccc(F)cc3)c2)n1. The molecule has 5 nitrogen and oxygen atoms in total. The van der Waals surface area contributed by atoms with Crippen molar-refractivity contribution in [3.8, 4) is 0 Å². The molecular formula is C25H28ClFN4OS. The van der Waals surface area contributed by atoms with Crippen LogP contribution in [0.4, 0.5) is 10.2 Å². The summed E-state index contributed by atoms with van der Waals surface area (Å²) in [5, 5.41) is 3.91. The Morgan fingerprint density at radius 3 is 2.45 bits per heavy atom. The number of carbonyl (C=O) groups is 1. The van der Waals surface area contributed by atoms with Crippen LogP contribution in [-0.2, 0) is 12.3 Å². The Bertz CT molecular complexity index is 1060. The second kappa shape index (κ2) is 12.6. The largest absolute Gasteiger partial charge is 0.356 e. The van der Waals surface area contributed by atoms with E-state index >= 15 is 0 Å². The predicted octanol–water partition coefficient (Wildman–Crippen LogP) is 6.12. The number of thioether (sulfide) groups is 1. The number of anilines is 1. The highest BCUT2D eigenvalue weighted by Crippen LogP contribution is 2.25. The van der Waals surface area contributed by atoms with Crippen LogP contribution < -0.4 is 10.2 Å². The van der Waals surface area contributed by atoms with E-state index in [9.17, 15) is 9.18 Å². The van der Waals surface area contributed by atoms with Gasteiger partial charge in [-0.1, -0.05) is 61.5 Å². The first-order valence-corrected chi connectivity index (χ1v) is 12.4. The molecule has 174 valence electrons. The van der Waals surface area contributed by atoms with Crippen LogP contribution in [-0.4, -0.2) is 29.0 Å². The Labute approximate surface area is 203 Å². The quantitative estimate of drug-likeness (QED) is 0.201. The van der Waals surface area contributed by atoms with Crippen LogP contribution >= 0.6 is 23.4 Å². The van der Waals surface area contributed by atoms with E-state index in [1.807, 2.05) is 24.3 Å². The molecular weight excluding hydrogens is 459 g/mol. The number of aromatic nitrogens is 2. The second-order valence-corrected chi connectivity index (χ2v) is 8.95. The third kappa shape index (κ3) is 7.72. The molecule has 2 aromatic carbocycles. The lowest BCUT2D eigenvalue weighted by Crippen LogP contribution is -2.26. The van der Waals surface area contributed by atoms with Crippen molar-refractivity contribution < 1.29 is 9.18 Å². The van der Waals surface area contributed by atoms with E-state index in [1.165, 1.54) is 23.9 Å². The van der Waals surface area contributed by atoms with Crippen LogP contribution in [0.3, 0.4) is 0 Å². The van der Waals surface area contributed by atoms with Gasteiger partial charge >= 0.3 is 0 Å². The summed E-state index contributed by atoms with van der Waals surface area (Å²) in [6.07, 6.45) is 2.06. The molecule has 0 saturated carbocycles. The zero-order valence-corrected chi connectivity index (χ0v) is 20.4. The molecule has 0 radical (unpaired) electrons. The maximum absolute atomic E-state index is 13.0. The lowest BCUT2D eigenvalue weighted by atomic mass is 10.1. The molecule has 1 aromatic heterocycles. The summed E-state index contributed by atoms with van der Waals surface area (Å²) in [6, 6.07) is 15.3. The summed E-state index contributed by atoms with van der Waals surface area (Å²) in [5.74, 6) is 0.979. The first kappa shape index (κ1) is 25.0. The number of hydrogen-bond acceptors (Lipinski definition) is 5. The molecule has 33 heavy (non-hydrogen) atoms. The molecule has 0 aliphatic carbocycles. The molecule has 0 aliphatic heterocycles. The third-order valence-electron chi connectivity index (χ3n) is 4.90. The van der Waals surface area contributed by atoms with Crippen LogP contribution in [0.5, 0.6) is 0 Å². The maximum Gasteiger partial charge on any atom is 0.251 e. The van der Waals surface area contributed by atoms with Crippen LogP contribution in [0.15, 0.2) is 59.8 Å². The monoisotopic (exact) mass is 486 g/mol. The molecule has 0 unspecified atom stereocenters. The maximum atomic E-state index is 13.0. The minimum Gasteiger partial charge on any atom is -0.356 e. The van der Waals surface area contributed by atoms with Gasteiger partial charge in [0.05, 0.1) is 0 Å². The third-order valence-corrected chi connectivity index (χ3v) is 6.01. The van der Waals surface area contributed by atoms with Crippen LogP contribution in [0, 0.1) is 5.82 Å². The van der Waals surface area contributed by atoms with E-state index in [2.05, 4.69) is 29.0 Å². The van der Waals surface area contributed by atoms with Crippen molar-refractivity contribution in [1.82, 2.24) is 15.3 Å². The van der Waals surface area contributed by atoms with E-state index in [-0.39, 0.29) is 11.7 Å². The first-order valence-electron chi connectivity index (χ1n) is 11.0. The number of amides is 1. The van der Waals surface area contributed by atoms with Gasteiger partial charge in [0.2, 0.25) is 0 Å². The fourth-order valence-corrected chi connectivity index (χ4v) is 4.35. The predicted molar refractivity (Wildman–Crippen MR) is 133 cm³/mol. The molecule has 1 N–H and O–H groups in total. The molecule has 0 atom stereocenters. The normalized spacial score (nSPS) is 10.8. The molecule has 0 bridgehead atoms. The van der Waals surface area contributed by atoms with Gasteiger partial charge in [0.15, 0.2) is 5.16 Å². The summed E-state index contributed by atoms with van der Waals surface area (Å²) in [7, 11) is 0. The molecule has 0 aliphatic rings. The lowest BCUT2D eigenvalue weighted by molar-refractivity contribution is 0.0951. The Morgan fingerprint density at radius 2 is 1.76 bits per heavy atom. The average molecular weight is 487 g/mol. The Balaban J connectivity index is 1.63. The highest BCUT2D eigenvalue weighted by Gasteiger charge is 2.12. The summed E-state index contributed by atoms with van der Waals surface area (Å²) in [4.78, 5) is 23.8. The number of benzene rings is 2. The van der Waals surface area contributed by atoms with Crippen LogP contribution in [0.2, 0.25) is 5.15 Å². The van der Waals surface area contributed by atoms with Gasteiger partial charge in [-0.05, 0) is 48.2 Å². The minimum atomic E-state index is -0.297. The number of rotatable bonds is 11. The first-order chi connectivity index (χ1) is 16.0. The molecule has 3 rings (SSSR count). The van der Waals surface area contributed by atoms with Crippen molar-refractivity contribution in [2.45, 2.75) is 44.1 Å². The van der Waals surface area contributed by atoms with Gasteiger partial charge in [-0.2, -0.15) is 0 Å². The zero-order chi connectivity index (χ0) is 23.6. The molecule has 0 saturated heterocycles. The number of hydrogen-bond donors (Lipinski definition) is 1. The highest BCUT2D eigenvalue weighted by atomic mass is 35.5. The summed E-state index contributed by atoms with van der Waals surface area (Å²) >= 11 is 7.76. The molecule has 8 heteroatoms. The van der Waals surface area contributed by atoms with Crippen molar-refractivity contribution in [3.63, 3.8) is 0 Å². The van der Waals surface area contributed by atoms with Gasteiger partial charge in [0, 0.05) is 37.0 Å². The van der Waals surface area contributed by atoms with E-state index in [1.54, 1.807) is 18.2 Å². The summed E-state index contributed by atoms with van der Waals surface area (Å²) < 4.78 is 13.0. The Morgan fingerprint density at radius 1 is 1.03 bits per heavy atom. The van der Waals surface area contributed by atoms with Crippen molar-refractivity contribution in [2.24, 2.45) is 0 Å². The standard InChI is InChI=1S/C25H28ClFN4OS/c1-3-12-31(13-4-2)23-15-22(26)29-25(30-23)33-17-19-6-5-7-20(14-19)24(32)28-16-18-8-10-21(27)11-9-18/h5-11,14-15H,3-4,12-13,16-17H2,1-2H3,(H,28,32). The van der Waals surface area contributed by atoms with Crippen molar-refractivity contribution in [1.29, 1.82) is 0 Å². The van der Waals surface area contributed by atoms with Crippen molar-refractivity contribution in [2.75, 3.05) is 18.0 Å². The molecule has 1 amide bonds. The number of halogens is 2. The average Bonchev–Trinajstić information content (AvgIpc) is 2.82. The summed E-state index contributed by atoms with van der Waals surface area (Å²) in [5.41, 5.74) is 2.39. The fraction of sp³-hybridized carbons (Fsp3) is 0.320. The van der Waals surface area contributed by atoms with Gasteiger partial charge in [-0.15, -0.1) is 0 Å². The number of carbonyl (C=O) groups excluding carboxylic acids is 1. The topological polar surface area (TPSA) is 58.1 Å². The molecule has 3 aromatic rings. The van der Waals surface area contributed by atoms with Gasteiger partial charge in [0.25, 0.3) is 5.91 Å². The molecule has 1 heterocycles. The van der Waals surface area contributed by atoms with Gasteiger partial charge in [0.1, 0.15) is 16.8 Å². The lowest BCUT2D eigenvalue weighted by Gasteiger charge is -2.22. The van der Waals surface area contributed by atoms with Crippen molar-refractivity contribution in [3.05, 3.63) is 82.3 Å². The van der Waals surface area contributed by atoms with E-state index < -0.39 is 0 Å². The van der Waals surface area contributed by atoms with Crippen LogP contribution in [0.25, 0.3) is 0 Å². The molecule has 0 fully saturated rings. The highest BCUT2D eigenvalue weighted by molar-refractivity contribution is 7.98. The Kier molecular flexibility index (Phi) is 9.51. The summed E-state index contributed by atoms with van der Waals surface area (Å²) in [6.45, 7) is 6.46.